The SMILES string of the molecule is CNc1cc(C(=O)O)nc(-c2ccccc2)n1. The van der Waals surface area contributed by atoms with Gasteiger partial charge in [0.25, 0.3) is 0 Å². The molecule has 0 unspecified atom stereocenters. The molecule has 0 spiro atoms. The van der Waals surface area contributed by atoms with E-state index in [9.17, 15) is 4.79 Å². The molecule has 2 N–H and O–H groups in total. The van der Waals surface area contributed by atoms with Crippen LogP contribution in [0.15, 0.2) is 36.4 Å². The van der Waals surface area contributed by atoms with E-state index in [2.05, 4.69) is 15.3 Å². The van der Waals surface area contributed by atoms with Crippen LogP contribution in [0.5, 0.6) is 0 Å². The van der Waals surface area contributed by atoms with Crippen LogP contribution in [-0.4, -0.2) is 28.1 Å². The Bertz CT molecular complexity index is 541. The molecular formula is C12H11N3O2. The van der Waals surface area contributed by atoms with Gasteiger partial charge in [0, 0.05) is 18.7 Å². The molecule has 0 amide bonds. The number of nitrogens with zero attached hydrogens (tertiary/aromatic N) is 2. The Morgan fingerprint density at radius 2 is 1.94 bits per heavy atom. The van der Waals surface area contributed by atoms with Crippen molar-refractivity contribution < 1.29 is 9.90 Å². The van der Waals surface area contributed by atoms with Gasteiger partial charge >= 0.3 is 5.97 Å². The summed E-state index contributed by atoms with van der Waals surface area (Å²) in [6.07, 6.45) is 0. The highest BCUT2D eigenvalue weighted by Crippen LogP contribution is 2.17. The van der Waals surface area contributed by atoms with Gasteiger partial charge in [0.2, 0.25) is 0 Å². The molecule has 5 nitrogen and oxygen atoms in total. The van der Waals surface area contributed by atoms with Gasteiger partial charge in [0.05, 0.1) is 0 Å². The zero-order chi connectivity index (χ0) is 12.3. The van der Waals surface area contributed by atoms with Crippen LogP contribution in [0.25, 0.3) is 11.4 Å². The van der Waals surface area contributed by atoms with Gasteiger partial charge in [0.15, 0.2) is 11.5 Å². The minimum Gasteiger partial charge on any atom is -0.477 e. The first-order valence-corrected chi connectivity index (χ1v) is 5.06. The molecule has 5 heteroatoms. The number of rotatable bonds is 3. The molecule has 0 radical (unpaired) electrons. The van der Waals surface area contributed by atoms with Gasteiger partial charge in [-0.1, -0.05) is 30.3 Å². The lowest BCUT2D eigenvalue weighted by molar-refractivity contribution is 0.0690. The second kappa shape index (κ2) is 4.61. The van der Waals surface area contributed by atoms with Crippen molar-refractivity contribution in [1.82, 2.24) is 9.97 Å². The largest absolute Gasteiger partial charge is 0.477 e. The summed E-state index contributed by atoms with van der Waals surface area (Å²) in [6.45, 7) is 0. The predicted octanol–water partition coefficient (Wildman–Crippen LogP) is 1.88. The molecular weight excluding hydrogens is 218 g/mol. The van der Waals surface area contributed by atoms with Gasteiger partial charge < -0.3 is 10.4 Å². The van der Waals surface area contributed by atoms with Crippen LogP contribution >= 0.6 is 0 Å². The molecule has 0 saturated heterocycles. The summed E-state index contributed by atoms with van der Waals surface area (Å²) in [4.78, 5) is 19.2. The molecule has 1 aromatic carbocycles. The molecule has 0 atom stereocenters. The first kappa shape index (κ1) is 11.1. The van der Waals surface area contributed by atoms with Crippen LogP contribution in [-0.2, 0) is 0 Å². The van der Waals surface area contributed by atoms with E-state index in [-0.39, 0.29) is 5.69 Å². The number of anilines is 1. The van der Waals surface area contributed by atoms with Crippen LogP contribution in [0.3, 0.4) is 0 Å². The van der Waals surface area contributed by atoms with E-state index in [4.69, 9.17) is 5.11 Å². The quantitative estimate of drug-likeness (QED) is 0.840. The molecule has 86 valence electrons. The highest BCUT2D eigenvalue weighted by molar-refractivity contribution is 5.86. The fraction of sp³-hybridized carbons (Fsp3) is 0.0833. The Hall–Kier alpha value is -2.43. The average Bonchev–Trinajstić information content (AvgIpc) is 2.39. The van der Waals surface area contributed by atoms with Gasteiger partial charge in [-0.05, 0) is 0 Å². The van der Waals surface area contributed by atoms with E-state index in [1.807, 2.05) is 30.3 Å². The summed E-state index contributed by atoms with van der Waals surface area (Å²) in [5.41, 5.74) is 0.760. The molecule has 2 aromatic rings. The van der Waals surface area contributed by atoms with E-state index in [1.165, 1.54) is 6.07 Å². The number of nitrogens with one attached hydrogen (secondary N) is 1. The van der Waals surface area contributed by atoms with Gasteiger partial charge in [-0.25, -0.2) is 14.8 Å². The summed E-state index contributed by atoms with van der Waals surface area (Å²) < 4.78 is 0. The molecule has 0 saturated carbocycles. The lowest BCUT2D eigenvalue weighted by atomic mass is 10.2. The van der Waals surface area contributed by atoms with Crippen LogP contribution in [0.4, 0.5) is 5.82 Å². The summed E-state index contributed by atoms with van der Waals surface area (Å²) in [5.74, 6) is -0.188. The number of carboxylic acids is 1. The van der Waals surface area contributed by atoms with E-state index < -0.39 is 5.97 Å². The maximum atomic E-state index is 10.9. The maximum absolute atomic E-state index is 10.9. The molecule has 1 aromatic heterocycles. The number of benzene rings is 1. The van der Waals surface area contributed by atoms with Gasteiger partial charge in [0.1, 0.15) is 5.82 Å². The monoisotopic (exact) mass is 229 g/mol. The smallest absolute Gasteiger partial charge is 0.354 e. The van der Waals surface area contributed by atoms with Crippen molar-refractivity contribution in [3.63, 3.8) is 0 Å². The maximum Gasteiger partial charge on any atom is 0.354 e. The Labute approximate surface area is 98.2 Å². The number of hydrogen-bond acceptors (Lipinski definition) is 4. The van der Waals surface area contributed by atoms with E-state index in [1.54, 1.807) is 7.05 Å². The summed E-state index contributed by atoms with van der Waals surface area (Å²) in [5, 5.41) is 11.8. The van der Waals surface area contributed by atoms with Crippen molar-refractivity contribution in [2.75, 3.05) is 12.4 Å². The van der Waals surface area contributed by atoms with Crippen LogP contribution in [0.1, 0.15) is 10.5 Å². The number of aromatic nitrogens is 2. The van der Waals surface area contributed by atoms with E-state index in [0.717, 1.165) is 5.56 Å². The lowest BCUT2D eigenvalue weighted by Gasteiger charge is -2.05. The topological polar surface area (TPSA) is 75.1 Å². The summed E-state index contributed by atoms with van der Waals surface area (Å²) >= 11 is 0. The van der Waals surface area contributed by atoms with Crippen molar-refractivity contribution >= 4 is 11.8 Å². The summed E-state index contributed by atoms with van der Waals surface area (Å²) in [6, 6.07) is 10.6. The lowest BCUT2D eigenvalue weighted by Crippen LogP contribution is -2.05. The van der Waals surface area contributed by atoms with Crippen LogP contribution < -0.4 is 5.32 Å². The molecule has 0 aliphatic carbocycles. The third-order valence-corrected chi connectivity index (χ3v) is 2.23. The average molecular weight is 229 g/mol. The third-order valence-electron chi connectivity index (χ3n) is 2.23. The zero-order valence-corrected chi connectivity index (χ0v) is 9.21. The van der Waals surface area contributed by atoms with Crippen molar-refractivity contribution in [3.8, 4) is 11.4 Å². The second-order valence-corrected chi connectivity index (χ2v) is 3.38. The molecule has 2 rings (SSSR count). The highest BCUT2D eigenvalue weighted by Gasteiger charge is 2.10. The zero-order valence-electron chi connectivity index (χ0n) is 9.21. The van der Waals surface area contributed by atoms with E-state index >= 15 is 0 Å². The van der Waals surface area contributed by atoms with Gasteiger partial charge in [-0.3, -0.25) is 0 Å². The number of aromatic carboxylic acids is 1. The van der Waals surface area contributed by atoms with Crippen molar-refractivity contribution in [2.24, 2.45) is 0 Å². The first-order valence-electron chi connectivity index (χ1n) is 5.06. The Kier molecular flexibility index (Phi) is 3.00. The summed E-state index contributed by atoms with van der Waals surface area (Å²) in [7, 11) is 1.68. The van der Waals surface area contributed by atoms with Crippen LogP contribution in [0, 0.1) is 0 Å². The minimum absolute atomic E-state index is 0.0248. The molecule has 1 heterocycles. The molecule has 0 bridgehead atoms. The van der Waals surface area contributed by atoms with Gasteiger partial charge in [-0.15, -0.1) is 0 Å². The Morgan fingerprint density at radius 3 is 2.53 bits per heavy atom. The number of carboxylic acid groups (broad SMARTS) is 1. The normalized spacial score (nSPS) is 9.94. The van der Waals surface area contributed by atoms with Gasteiger partial charge in [-0.2, -0.15) is 0 Å². The molecule has 0 aliphatic rings. The Morgan fingerprint density at radius 1 is 1.24 bits per heavy atom. The molecule has 17 heavy (non-hydrogen) atoms. The Balaban J connectivity index is 2.54. The van der Waals surface area contributed by atoms with Crippen molar-refractivity contribution in [3.05, 3.63) is 42.1 Å². The molecule has 0 aliphatic heterocycles. The minimum atomic E-state index is -1.07. The number of carbonyl (C=O) groups is 1. The highest BCUT2D eigenvalue weighted by atomic mass is 16.4. The first-order chi connectivity index (χ1) is 8.20. The van der Waals surface area contributed by atoms with Crippen molar-refractivity contribution in [2.45, 2.75) is 0 Å². The fourth-order valence-corrected chi connectivity index (χ4v) is 1.40. The predicted molar refractivity (Wildman–Crippen MR) is 64.0 cm³/mol. The second-order valence-electron chi connectivity index (χ2n) is 3.38. The van der Waals surface area contributed by atoms with Crippen molar-refractivity contribution in [1.29, 1.82) is 0 Å². The third kappa shape index (κ3) is 2.39. The van der Waals surface area contributed by atoms with Crippen LogP contribution in [0.2, 0.25) is 0 Å². The molecule has 0 fully saturated rings. The van der Waals surface area contributed by atoms with E-state index in [0.29, 0.717) is 11.6 Å². The standard InChI is InChI=1S/C12H11N3O2/c1-13-10-7-9(12(16)17)14-11(15-10)8-5-3-2-4-6-8/h2-7H,1H3,(H,16,17)(H,13,14,15). The number of hydrogen-bond donors (Lipinski definition) is 2. The fourth-order valence-electron chi connectivity index (χ4n) is 1.40.